The SMILES string of the molecule is Cc1ccccc1CSc1nc(CC(C)(C)C)nc2c1c(=O)n(C)c(=O)n2C. The van der Waals surface area contributed by atoms with Gasteiger partial charge in [0.2, 0.25) is 0 Å². The first kappa shape index (κ1) is 20.3. The largest absolute Gasteiger partial charge is 0.332 e. The number of benzene rings is 1. The van der Waals surface area contributed by atoms with Crippen LogP contribution in [0.4, 0.5) is 0 Å². The molecule has 0 aliphatic rings. The molecule has 1 aromatic carbocycles. The Bertz CT molecular complexity index is 1160. The van der Waals surface area contributed by atoms with E-state index in [2.05, 4.69) is 44.8 Å². The maximum atomic E-state index is 12.9. The predicted octanol–water partition coefficient (Wildman–Crippen LogP) is 3.22. The van der Waals surface area contributed by atoms with E-state index in [0.717, 1.165) is 4.57 Å². The molecule has 0 spiro atoms. The molecule has 0 saturated heterocycles. The Morgan fingerprint density at radius 3 is 2.36 bits per heavy atom. The van der Waals surface area contributed by atoms with E-state index < -0.39 is 0 Å². The van der Waals surface area contributed by atoms with Crippen molar-refractivity contribution in [2.45, 2.75) is 44.9 Å². The van der Waals surface area contributed by atoms with Gasteiger partial charge in [-0.15, -0.1) is 11.8 Å². The first-order chi connectivity index (χ1) is 13.1. The number of hydrogen-bond donors (Lipinski definition) is 0. The average molecular weight is 399 g/mol. The molecular weight excluding hydrogens is 372 g/mol. The lowest BCUT2D eigenvalue weighted by Gasteiger charge is -2.18. The third-order valence-electron chi connectivity index (χ3n) is 4.63. The Morgan fingerprint density at radius 2 is 1.71 bits per heavy atom. The van der Waals surface area contributed by atoms with Gasteiger partial charge in [-0.25, -0.2) is 14.8 Å². The normalized spacial score (nSPS) is 11.9. The Balaban J connectivity index is 2.19. The Hall–Kier alpha value is -2.41. The molecule has 28 heavy (non-hydrogen) atoms. The van der Waals surface area contributed by atoms with Crippen molar-refractivity contribution < 1.29 is 0 Å². The van der Waals surface area contributed by atoms with E-state index in [1.165, 1.54) is 34.5 Å². The topological polar surface area (TPSA) is 69.8 Å². The van der Waals surface area contributed by atoms with Gasteiger partial charge in [-0.1, -0.05) is 45.0 Å². The highest BCUT2D eigenvalue weighted by Crippen LogP contribution is 2.28. The van der Waals surface area contributed by atoms with Crippen LogP contribution in [0.3, 0.4) is 0 Å². The van der Waals surface area contributed by atoms with Crippen LogP contribution in [0, 0.1) is 12.3 Å². The van der Waals surface area contributed by atoms with Crippen molar-refractivity contribution in [3.63, 3.8) is 0 Å². The molecular formula is C21H26N4O2S. The molecule has 0 N–H and O–H groups in total. The van der Waals surface area contributed by atoms with Crippen molar-refractivity contribution in [2.24, 2.45) is 19.5 Å². The summed E-state index contributed by atoms with van der Waals surface area (Å²) in [6.45, 7) is 8.42. The highest BCUT2D eigenvalue weighted by Gasteiger charge is 2.20. The van der Waals surface area contributed by atoms with Crippen molar-refractivity contribution in [3.05, 3.63) is 62.1 Å². The summed E-state index contributed by atoms with van der Waals surface area (Å²) in [5.41, 5.74) is 2.04. The smallest absolute Gasteiger partial charge is 0.280 e. The molecule has 0 amide bonds. The second-order valence-corrected chi connectivity index (χ2v) is 9.27. The van der Waals surface area contributed by atoms with Crippen LogP contribution >= 0.6 is 11.8 Å². The second-order valence-electron chi connectivity index (χ2n) is 8.30. The minimum Gasteiger partial charge on any atom is -0.280 e. The van der Waals surface area contributed by atoms with E-state index >= 15 is 0 Å². The zero-order valence-corrected chi connectivity index (χ0v) is 18.1. The van der Waals surface area contributed by atoms with Gasteiger partial charge in [0.25, 0.3) is 5.56 Å². The fourth-order valence-corrected chi connectivity index (χ4v) is 4.16. The van der Waals surface area contributed by atoms with Crippen LogP contribution in [0.2, 0.25) is 0 Å². The van der Waals surface area contributed by atoms with E-state index in [4.69, 9.17) is 4.98 Å². The Morgan fingerprint density at radius 1 is 1.04 bits per heavy atom. The fraction of sp³-hybridized carbons (Fsp3) is 0.429. The maximum Gasteiger partial charge on any atom is 0.332 e. The zero-order chi connectivity index (χ0) is 20.6. The maximum absolute atomic E-state index is 12.9. The minimum absolute atomic E-state index is 0.00968. The number of nitrogens with zero attached hydrogens (tertiary/aromatic N) is 4. The summed E-state index contributed by atoms with van der Waals surface area (Å²) in [6.07, 6.45) is 0.657. The summed E-state index contributed by atoms with van der Waals surface area (Å²) in [4.78, 5) is 34.6. The molecule has 7 heteroatoms. The van der Waals surface area contributed by atoms with Gasteiger partial charge in [0.1, 0.15) is 16.2 Å². The molecule has 3 rings (SSSR count). The monoisotopic (exact) mass is 398 g/mol. The number of hydrogen-bond acceptors (Lipinski definition) is 5. The van der Waals surface area contributed by atoms with Gasteiger partial charge in [-0.05, 0) is 23.5 Å². The highest BCUT2D eigenvalue weighted by molar-refractivity contribution is 7.98. The molecule has 0 unspecified atom stereocenters. The number of aromatic nitrogens is 4. The second kappa shape index (κ2) is 7.54. The molecule has 2 aromatic heterocycles. The van der Waals surface area contributed by atoms with Gasteiger partial charge >= 0.3 is 5.69 Å². The van der Waals surface area contributed by atoms with Crippen molar-refractivity contribution in [1.29, 1.82) is 0 Å². The van der Waals surface area contributed by atoms with E-state index in [1.54, 1.807) is 7.05 Å². The van der Waals surface area contributed by atoms with E-state index in [1.807, 2.05) is 12.1 Å². The molecule has 0 bridgehead atoms. The lowest BCUT2D eigenvalue weighted by Crippen LogP contribution is -2.38. The van der Waals surface area contributed by atoms with Crippen LogP contribution in [0.15, 0.2) is 38.9 Å². The minimum atomic E-state index is -0.382. The lowest BCUT2D eigenvalue weighted by atomic mass is 9.92. The Labute approximate surface area is 168 Å². The molecule has 6 nitrogen and oxygen atoms in total. The van der Waals surface area contributed by atoms with Gasteiger partial charge in [0, 0.05) is 26.3 Å². The summed E-state index contributed by atoms with van der Waals surface area (Å²) < 4.78 is 2.55. The molecule has 2 heterocycles. The van der Waals surface area contributed by atoms with Gasteiger partial charge in [0.15, 0.2) is 5.65 Å². The van der Waals surface area contributed by atoms with Gasteiger partial charge in [-0.3, -0.25) is 13.9 Å². The molecule has 0 radical (unpaired) electrons. The Kier molecular flexibility index (Phi) is 5.48. The molecule has 0 aliphatic carbocycles. The summed E-state index contributed by atoms with van der Waals surface area (Å²) >= 11 is 1.51. The van der Waals surface area contributed by atoms with Crippen molar-refractivity contribution in [3.8, 4) is 0 Å². The zero-order valence-electron chi connectivity index (χ0n) is 17.2. The molecule has 148 valence electrons. The molecule has 0 atom stereocenters. The van der Waals surface area contributed by atoms with E-state index in [-0.39, 0.29) is 16.7 Å². The van der Waals surface area contributed by atoms with Gasteiger partial charge in [0.05, 0.1) is 0 Å². The van der Waals surface area contributed by atoms with Gasteiger partial charge in [-0.2, -0.15) is 0 Å². The van der Waals surface area contributed by atoms with Crippen molar-refractivity contribution >= 4 is 22.8 Å². The first-order valence-corrected chi connectivity index (χ1v) is 10.2. The van der Waals surface area contributed by atoms with Crippen LogP contribution in [0.25, 0.3) is 11.0 Å². The quantitative estimate of drug-likeness (QED) is 0.499. The van der Waals surface area contributed by atoms with Crippen LogP contribution in [0.1, 0.15) is 37.7 Å². The molecule has 3 aromatic rings. The average Bonchev–Trinajstić information content (AvgIpc) is 2.62. The van der Waals surface area contributed by atoms with Crippen LogP contribution in [-0.2, 0) is 26.3 Å². The third kappa shape index (κ3) is 4.04. The number of rotatable bonds is 4. The molecule has 0 aliphatic heterocycles. The summed E-state index contributed by atoms with van der Waals surface area (Å²) in [7, 11) is 3.14. The predicted molar refractivity (Wildman–Crippen MR) is 114 cm³/mol. The van der Waals surface area contributed by atoms with Crippen molar-refractivity contribution in [1.82, 2.24) is 19.1 Å². The lowest BCUT2D eigenvalue weighted by molar-refractivity contribution is 0.399. The highest BCUT2D eigenvalue weighted by atomic mass is 32.2. The number of aryl methyl sites for hydroxylation is 2. The molecule has 0 saturated carbocycles. The van der Waals surface area contributed by atoms with Crippen molar-refractivity contribution in [2.75, 3.05) is 0 Å². The van der Waals surface area contributed by atoms with E-state index in [0.29, 0.717) is 34.1 Å². The third-order valence-corrected chi connectivity index (χ3v) is 5.65. The first-order valence-electron chi connectivity index (χ1n) is 9.22. The molecule has 0 fully saturated rings. The summed E-state index contributed by atoms with van der Waals surface area (Å²) in [5.74, 6) is 1.34. The van der Waals surface area contributed by atoms with Gasteiger partial charge < -0.3 is 0 Å². The number of thioether (sulfide) groups is 1. The van der Waals surface area contributed by atoms with Crippen LogP contribution < -0.4 is 11.2 Å². The fourth-order valence-electron chi connectivity index (χ4n) is 3.05. The van der Waals surface area contributed by atoms with Crippen LogP contribution in [0.5, 0.6) is 0 Å². The number of fused-ring (bicyclic) bond motifs is 1. The summed E-state index contributed by atoms with van der Waals surface area (Å²) in [5, 5.41) is 1.03. The van der Waals surface area contributed by atoms with E-state index in [9.17, 15) is 9.59 Å². The standard InChI is InChI=1S/C21H26N4O2S/c1-13-9-7-8-10-14(13)12-28-18-16-17(22-15(23-18)11-21(2,3)4)24(5)20(27)25(6)19(16)26/h7-10H,11-12H2,1-6H3. The summed E-state index contributed by atoms with van der Waals surface area (Å²) in [6, 6.07) is 8.17. The van der Waals surface area contributed by atoms with Crippen LogP contribution in [-0.4, -0.2) is 19.1 Å².